The molecule has 0 aromatic heterocycles. The number of likely N-dealkylation sites (tertiary alicyclic amines) is 1. The van der Waals surface area contributed by atoms with Gasteiger partial charge in [-0.05, 0) is 31.1 Å². The molecule has 3 heteroatoms. The first-order chi connectivity index (χ1) is 8.26. The van der Waals surface area contributed by atoms with E-state index >= 15 is 0 Å². The molecule has 2 nitrogen and oxygen atoms in total. The number of halogens is 1. The maximum absolute atomic E-state index is 12.1. The molecular weight excluding hydrogens is 278 g/mol. The van der Waals surface area contributed by atoms with Gasteiger partial charge in [-0.15, -0.1) is 0 Å². The first-order valence-electron chi connectivity index (χ1n) is 7.10. The summed E-state index contributed by atoms with van der Waals surface area (Å²) in [5.74, 6) is 0.400. The summed E-state index contributed by atoms with van der Waals surface area (Å²) in [5, 5.41) is 1.06. The number of rotatable bonds is 3. The van der Waals surface area contributed by atoms with Crippen molar-refractivity contribution in [3.63, 3.8) is 0 Å². The Morgan fingerprint density at radius 1 is 1.06 bits per heavy atom. The zero-order chi connectivity index (χ0) is 12.1. The van der Waals surface area contributed by atoms with Gasteiger partial charge in [0.05, 0.1) is 0 Å². The van der Waals surface area contributed by atoms with Gasteiger partial charge in [-0.25, -0.2) is 0 Å². The van der Waals surface area contributed by atoms with Crippen molar-refractivity contribution in [2.24, 2.45) is 5.41 Å². The molecule has 1 aliphatic carbocycles. The highest BCUT2D eigenvalue weighted by Crippen LogP contribution is 2.40. The third-order valence-corrected chi connectivity index (χ3v) is 5.58. The summed E-state index contributed by atoms with van der Waals surface area (Å²) < 4.78 is 0. The Balaban J connectivity index is 1.96. The van der Waals surface area contributed by atoms with Crippen LogP contribution in [0.3, 0.4) is 0 Å². The molecule has 1 saturated carbocycles. The molecule has 1 saturated heterocycles. The summed E-state index contributed by atoms with van der Waals surface area (Å²) in [6, 6.07) is 0. The molecule has 0 N–H and O–H groups in total. The van der Waals surface area contributed by atoms with Crippen LogP contribution in [0.4, 0.5) is 0 Å². The maximum atomic E-state index is 12.1. The number of amides is 1. The van der Waals surface area contributed by atoms with Crippen LogP contribution >= 0.6 is 15.9 Å². The van der Waals surface area contributed by atoms with E-state index < -0.39 is 0 Å². The summed E-state index contributed by atoms with van der Waals surface area (Å²) in [5.41, 5.74) is 0.384. The van der Waals surface area contributed by atoms with Crippen molar-refractivity contribution in [3.8, 4) is 0 Å². The second-order valence-corrected chi connectivity index (χ2v) is 6.38. The SMILES string of the molecule is O=C1CCCCCCN1CC1(CBr)CCCC1. The van der Waals surface area contributed by atoms with E-state index in [9.17, 15) is 4.79 Å². The van der Waals surface area contributed by atoms with Crippen LogP contribution in [0.1, 0.15) is 57.8 Å². The fourth-order valence-electron chi connectivity index (χ4n) is 3.25. The first-order valence-corrected chi connectivity index (χ1v) is 8.22. The molecule has 0 bridgehead atoms. The summed E-state index contributed by atoms with van der Waals surface area (Å²) in [6.07, 6.45) is 10.9. The highest BCUT2D eigenvalue weighted by Gasteiger charge is 2.35. The van der Waals surface area contributed by atoms with E-state index in [-0.39, 0.29) is 0 Å². The molecule has 1 aliphatic heterocycles. The lowest BCUT2D eigenvalue weighted by atomic mass is 9.87. The van der Waals surface area contributed by atoms with E-state index in [2.05, 4.69) is 20.8 Å². The van der Waals surface area contributed by atoms with Gasteiger partial charge in [0.1, 0.15) is 0 Å². The molecular formula is C14H24BrNO. The van der Waals surface area contributed by atoms with Crippen LogP contribution in [0, 0.1) is 5.41 Å². The fraction of sp³-hybridized carbons (Fsp3) is 0.929. The van der Waals surface area contributed by atoms with Crippen molar-refractivity contribution in [2.45, 2.75) is 57.8 Å². The van der Waals surface area contributed by atoms with Gasteiger partial charge >= 0.3 is 0 Å². The van der Waals surface area contributed by atoms with E-state index in [4.69, 9.17) is 0 Å². The van der Waals surface area contributed by atoms with Crippen molar-refractivity contribution in [2.75, 3.05) is 18.4 Å². The van der Waals surface area contributed by atoms with Gasteiger partial charge in [-0.3, -0.25) is 4.79 Å². The molecule has 98 valence electrons. The molecule has 0 aromatic carbocycles. The van der Waals surface area contributed by atoms with Gasteiger partial charge < -0.3 is 4.90 Å². The minimum Gasteiger partial charge on any atom is -0.342 e. The Kier molecular flexibility index (Phi) is 4.89. The summed E-state index contributed by atoms with van der Waals surface area (Å²) in [4.78, 5) is 14.3. The van der Waals surface area contributed by atoms with Crippen LogP contribution < -0.4 is 0 Å². The van der Waals surface area contributed by atoms with E-state index in [1.165, 1.54) is 44.9 Å². The largest absolute Gasteiger partial charge is 0.342 e. The molecule has 2 fully saturated rings. The molecule has 2 aliphatic rings. The molecule has 0 spiro atoms. The second-order valence-electron chi connectivity index (χ2n) is 5.82. The minimum absolute atomic E-state index is 0.384. The van der Waals surface area contributed by atoms with Gasteiger partial charge in [0.25, 0.3) is 0 Å². The predicted octanol–water partition coefficient (Wildman–Crippen LogP) is 3.73. The van der Waals surface area contributed by atoms with Crippen molar-refractivity contribution in [1.82, 2.24) is 4.90 Å². The zero-order valence-corrected chi connectivity index (χ0v) is 12.3. The number of hydrogen-bond acceptors (Lipinski definition) is 1. The molecule has 0 atom stereocenters. The van der Waals surface area contributed by atoms with Crippen molar-refractivity contribution in [3.05, 3.63) is 0 Å². The lowest BCUT2D eigenvalue weighted by Gasteiger charge is -2.35. The van der Waals surface area contributed by atoms with Gasteiger partial charge in [0.15, 0.2) is 0 Å². The summed E-state index contributed by atoms with van der Waals surface area (Å²) >= 11 is 3.68. The number of hydrogen-bond donors (Lipinski definition) is 0. The number of nitrogens with zero attached hydrogens (tertiary/aromatic N) is 1. The van der Waals surface area contributed by atoms with Gasteiger partial charge in [-0.1, -0.05) is 41.6 Å². The smallest absolute Gasteiger partial charge is 0.222 e. The third kappa shape index (κ3) is 3.46. The van der Waals surface area contributed by atoms with Crippen LogP contribution in [-0.4, -0.2) is 29.2 Å². The molecule has 1 amide bonds. The Bertz CT molecular complexity index is 261. The van der Waals surface area contributed by atoms with Gasteiger partial charge in [0.2, 0.25) is 5.91 Å². The first kappa shape index (κ1) is 13.4. The Hall–Kier alpha value is -0.0500. The van der Waals surface area contributed by atoms with Crippen molar-refractivity contribution < 1.29 is 4.79 Å². The van der Waals surface area contributed by atoms with Crippen LogP contribution in [0.2, 0.25) is 0 Å². The van der Waals surface area contributed by atoms with Crippen molar-refractivity contribution >= 4 is 21.8 Å². The Morgan fingerprint density at radius 3 is 2.47 bits per heavy atom. The van der Waals surface area contributed by atoms with Crippen LogP contribution in [0.15, 0.2) is 0 Å². The zero-order valence-electron chi connectivity index (χ0n) is 10.7. The highest BCUT2D eigenvalue weighted by molar-refractivity contribution is 9.09. The van der Waals surface area contributed by atoms with Crippen LogP contribution in [-0.2, 0) is 4.79 Å². The van der Waals surface area contributed by atoms with E-state index in [0.29, 0.717) is 11.3 Å². The molecule has 1 heterocycles. The number of carbonyl (C=O) groups is 1. The van der Waals surface area contributed by atoms with Crippen molar-refractivity contribution in [1.29, 1.82) is 0 Å². The van der Waals surface area contributed by atoms with E-state index in [1.54, 1.807) is 0 Å². The lowest BCUT2D eigenvalue weighted by Crippen LogP contribution is -2.42. The predicted molar refractivity (Wildman–Crippen MR) is 74.4 cm³/mol. The van der Waals surface area contributed by atoms with Crippen LogP contribution in [0.25, 0.3) is 0 Å². The number of carbonyl (C=O) groups excluding carboxylic acids is 1. The van der Waals surface area contributed by atoms with E-state index in [0.717, 1.165) is 31.3 Å². The summed E-state index contributed by atoms with van der Waals surface area (Å²) in [6.45, 7) is 1.99. The average Bonchev–Trinajstić information content (AvgIpc) is 2.78. The van der Waals surface area contributed by atoms with Gasteiger partial charge in [-0.2, -0.15) is 0 Å². The fourth-order valence-corrected chi connectivity index (χ4v) is 3.98. The monoisotopic (exact) mass is 301 g/mol. The van der Waals surface area contributed by atoms with Gasteiger partial charge in [0, 0.05) is 24.8 Å². The molecule has 0 aromatic rings. The highest BCUT2D eigenvalue weighted by atomic mass is 79.9. The maximum Gasteiger partial charge on any atom is 0.222 e. The third-order valence-electron chi connectivity index (χ3n) is 4.40. The molecule has 17 heavy (non-hydrogen) atoms. The summed E-state index contributed by atoms with van der Waals surface area (Å²) in [7, 11) is 0. The average molecular weight is 302 g/mol. The number of alkyl halides is 1. The molecule has 2 rings (SSSR count). The topological polar surface area (TPSA) is 20.3 Å². The second kappa shape index (κ2) is 6.21. The molecule has 0 unspecified atom stereocenters. The Labute approximate surface area is 113 Å². The quantitative estimate of drug-likeness (QED) is 0.727. The minimum atomic E-state index is 0.384. The van der Waals surface area contributed by atoms with E-state index in [1.807, 2.05) is 0 Å². The van der Waals surface area contributed by atoms with Crippen LogP contribution in [0.5, 0.6) is 0 Å². The lowest BCUT2D eigenvalue weighted by molar-refractivity contribution is -0.133. The standard InChI is InChI=1S/C14H24BrNO/c15-11-14(8-4-5-9-14)12-16-10-6-2-1-3-7-13(16)17/h1-12H2. The molecule has 0 radical (unpaired) electrons. The Morgan fingerprint density at radius 2 is 1.76 bits per heavy atom. The normalized spacial score (nSPS) is 25.7.